The Hall–Kier alpha value is -0.390. The van der Waals surface area contributed by atoms with Crippen molar-refractivity contribution in [2.24, 2.45) is 11.8 Å². The molecule has 1 aliphatic heterocycles. The fraction of sp³-hybridized carbons (Fsp3) is 0.846. The normalized spacial score (nSPS) is 26.1. The number of nitrogens with zero attached hydrogens (tertiary/aromatic N) is 1. The summed E-state index contributed by atoms with van der Waals surface area (Å²) in [6, 6.07) is 0. The summed E-state index contributed by atoms with van der Waals surface area (Å²) in [5.74, 6) is 1.57. The number of rotatable bonds is 7. The number of sulfonamides is 1. The van der Waals surface area contributed by atoms with E-state index in [1.807, 2.05) is 0 Å². The van der Waals surface area contributed by atoms with E-state index >= 15 is 0 Å². The molecule has 0 saturated carbocycles. The minimum Gasteiger partial charge on any atom is -0.302 e. The van der Waals surface area contributed by atoms with Crippen molar-refractivity contribution in [3.8, 4) is 0 Å². The smallest absolute Gasteiger partial charge is 0.211 e. The highest BCUT2D eigenvalue weighted by Crippen LogP contribution is 2.20. The summed E-state index contributed by atoms with van der Waals surface area (Å²) in [7, 11) is -3.12. The minimum absolute atomic E-state index is 0.142. The Morgan fingerprint density at radius 3 is 2.50 bits per heavy atom. The van der Waals surface area contributed by atoms with Crippen LogP contribution in [0.1, 0.15) is 26.7 Å². The number of hydrogen-bond acceptors (Lipinski definition) is 3. The molecular weight excluding hydrogens is 248 g/mol. The number of nitrogens with one attached hydrogen (secondary N) is 1. The molecule has 5 heteroatoms. The molecule has 106 valence electrons. The molecule has 1 saturated heterocycles. The first-order valence-corrected chi connectivity index (χ1v) is 8.38. The fourth-order valence-corrected chi connectivity index (χ4v) is 3.67. The van der Waals surface area contributed by atoms with Crippen LogP contribution in [0.25, 0.3) is 0 Å². The fourth-order valence-electron chi connectivity index (χ4n) is 2.64. The summed E-state index contributed by atoms with van der Waals surface area (Å²) in [6.07, 6.45) is 3.42. The number of allylic oxidation sites excluding steroid dienone is 1. The van der Waals surface area contributed by atoms with Gasteiger partial charge in [0.2, 0.25) is 10.0 Å². The van der Waals surface area contributed by atoms with E-state index in [0.717, 1.165) is 19.6 Å². The molecule has 0 amide bonds. The van der Waals surface area contributed by atoms with Gasteiger partial charge >= 0.3 is 0 Å². The first kappa shape index (κ1) is 15.7. The van der Waals surface area contributed by atoms with E-state index in [1.54, 1.807) is 6.08 Å². The Kier molecular flexibility index (Phi) is 6.32. The lowest BCUT2D eigenvalue weighted by atomic mass is 9.92. The predicted octanol–water partition coefficient (Wildman–Crippen LogP) is 1.46. The van der Waals surface area contributed by atoms with Gasteiger partial charge in [-0.3, -0.25) is 0 Å². The number of likely N-dealkylation sites (tertiary alicyclic amines) is 1. The molecule has 1 aliphatic rings. The Morgan fingerprint density at radius 1 is 1.33 bits per heavy atom. The van der Waals surface area contributed by atoms with Crippen LogP contribution in [0.3, 0.4) is 0 Å². The van der Waals surface area contributed by atoms with Gasteiger partial charge in [0.15, 0.2) is 0 Å². The molecule has 1 fully saturated rings. The van der Waals surface area contributed by atoms with Crippen LogP contribution in [0, 0.1) is 11.8 Å². The van der Waals surface area contributed by atoms with E-state index in [2.05, 4.69) is 30.0 Å². The lowest BCUT2D eigenvalue weighted by Crippen LogP contribution is -2.43. The van der Waals surface area contributed by atoms with Crippen molar-refractivity contribution in [1.82, 2.24) is 9.62 Å². The minimum atomic E-state index is -3.12. The molecule has 18 heavy (non-hydrogen) atoms. The SMILES string of the molecule is C=CCCS(=O)(=O)NCCN1C[C@H](C)C[C@H](C)C1. The van der Waals surface area contributed by atoms with E-state index in [-0.39, 0.29) is 5.75 Å². The maximum Gasteiger partial charge on any atom is 0.211 e. The van der Waals surface area contributed by atoms with Gasteiger partial charge in [-0.1, -0.05) is 19.9 Å². The van der Waals surface area contributed by atoms with Gasteiger partial charge in [-0.2, -0.15) is 0 Å². The van der Waals surface area contributed by atoms with Crippen molar-refractivity contribution in [2.45, 2.75) is 26.7 Å². The Labute approximate surface area is 111 Å². The second kappa shape index (κ2) is 7.26. The highest BCUT2D eigenvalue weighted by atomic mass is 32.2. The average molecular weight is 274 g/mol. The van der Waals surface area contributed by atoms with Gasteiger partial charge in [0, 0.05) is 26.2 Å². The molecule has 0 aromatic carbocycles. The van der Waals surface area contributed by atoms with Crippen LogP contribution in [-0.2, 0) is 10.0 Å². The van der Waals surface area contributed by atoms with Gasteiger partial charge in [-0.15, -0.1) is 6.58 Å². The van der Waals surface area contributed by atoms with Crippen molar-refractivity contribution in [3.05, 3.63) is 12.7 Å². The van der Waals surface area contributed by atoms with E-state index in [9.17, 15) is 8.42 Å². The van der Waals surface area contributed by atoms with Gasteiger partial charge in [-0.25, -0.2) is 13.1 Å². The van der Waals surface area contributed by atoms with Crippen molar-refractivity contribution in [2.75, 3.05) is 31.9 Å². The third-order valence-electron chi connectivity index (χ3n) is 3.29. The summed E-state index contributed by atoms with van der Waals surface area (Å²) >= 11 is 0. The van der Waals surface area contributed by atoms with Crippen molar-refractivity contribution in [3.63, 3.8) is 0 Å². The maximum atomic E-state index is 11.6. The molecule has 0 aromatic rings. The van der Waals surface area contributed by atoms with Crippen LogP contribution in [0.5, 0.6) is 0 Å². The van der Waals surface area contributed by atoms with E-state index < -0.39 is 10.0 Å². The molecule has 4 nitrogen and oxygen atoms in total. The van der Waals surface area contributed by atoms with Gasteiger partial charge in [0.05, 0.1) is 5.75 Å². The zero-order valence-corrected chi connectivity index (χ0v) is 12.4. The second-order valence-corrected chi connectivity index (χ2v) is 7.42. The first-order valence-electron chi connectivity index (χ1n) is 6.73. The van der Waals surface area contributed by atoms with Crippen LogP contribution in [0.2, 0.25) is 0 Å². The zero-order valence-electron chi connectivity index (χ0n) is 11.6. The highest BCUT2D eigenvalue weighted by Gasteiger charge is 2.21. The molecule has 0 aliphatic carbocycles. The summed E-state index contributed by atoms with van der Waals surface area (Å²) in [5.41, 5.74) is 0. The lowest BCUT2D eigenvalue weighted by molar-refractivity contribution is 0.143. The number of piperidine rings is 1. The molecule has 0 spiro atoms. The molecule has 0 radical (unpaired) electrons. The Balaban J connectivity index is 2.26. The summed E-state index contributed by atoms with van der Waals surface area (Å²) in [5, 5.41) is 0. The maximum absolute atomic E-state index is 11.6. The van der Waals surface area contributed by atoms with E-state index in [4.69, 9.17) is 0 Å². The molecule has 0 unspecified atom stereocenters. The molecule has 1 rings (SSSR count). The molecule has 0 bridgehead atoms. The second-order valence-electron chi connectivity index (χ2n) is 5.50. The number of hydrogen-bond donors (Lipinski definition) is 1. The molecule has 2 atom stereocenters. The zero-order chi connectivity index (χ0) is 13.6. The first-order chi connectivity index (χ1) is 8.43. The van der Waals surface area contributed by atoms with Crippen LogP contribution in [0.15, 0.2) is 12.7 Å². The van der Waals surface area contributed by atoms with Crippen LogP contribution in [0.4, 0.5) is 0 Å². The average Bonchev–Trinajstić information content (AvgIpc) is 2.25. The Bertz CT molecular complexity index is 344. The summed E-state index contributed by atoms with van der Waals surface area (Å²) in [4.78, 5) is 2.36. The molecule has 1 heterocycles. The standard InChI is InChI=1S/C13H26N2O2S/c1-4-5-8-18(16,17)14-6-7-15-10-12(2)9-13(3)11-15/h4,12-14H,1,5-11H2,2-3H3/t12-,13+. The molecule has 1 N–H and O–H groups in total. The van der Waals surface area contributed by atoms with Gasteiger partial charge in [0.1, 0.15) is 0 Å². The molecular formula is C13H26N2O2S. The Morgan fingerprint density at radius 2 is 1.94 bits per heavy atom. The topological polar surface area (TPSA) is 49.4 Å². The van der Waals surface area contributed by atoms with Crippen LogP contribution < -0.4 is 4.72 Å². The van der Waals surface area contributed by atoms with Gasteiger partial charge in [0.25, 0.3) is 0 Å². The molecule has 0 aromatic heterocycles. The van der Waals surface area contributed by atoms with Crippen LogP contribution in [-0.4, -0.2) is 45.2 Å². The van der Waals surface area contributed by atoms with Crippen LogP contribution >= 0.6 is 0 Å². The van der Waals surface area contributed by atoms with Gasteiger partial charge < -0.3 is 4.90 Å². The van der Waals surface area contributed by atoms with Crippen molar-refractivity contribution < 1.29 is 8.42 Å². The lowest BCUT2D eigenvalue weighted by Gasteiger charge is -2.34. The highest BCUT2D eigenvalue weighted by molar-refractivity contribution is 7.89. The largest absolute Gasteiger partial charge is 0.302 e. The summed E-state index contributed by atoms with van der Waals surface area (Å²) < 4.78 is 25.8. The monoisotopic (exact) mass is 274 g/mol. The van der Waals surface area contributed by atoms with Crippen molar-refractivity contribution in [1.29, 1.82) is 0 Å². The quantitative estimate of drug-likeness (QED) is 0.715. The van der Waals surface area contributed by atoms with E-state index in [0.29, 0.717) is 24.8 Å². The van der Waals surface area contributed by atoms with Gasteiger partial charge in [-0.05, 0) is 24.7 Å². The third-order valence-corrected chi connectivity index (χ3v) is 4.70. The third kappa shape index (κ3) is 5.98. The van der Waals surface area contributed by atoms with Crippen molar-refractivity contribution >= 4 is 10.0 Å². The predicted molar refractivity (Wildman–Crippen MR) is 76.0 cm³/mol. The summed E-state index contributed by atoms with van der Waals surface area (Å²) in [6.45, 7) is 11.5. The van der Waals surface area contributed by atoms with E-state index in [1.165, 1.54) is 6.42 Å².